The number of hydrogen-bond acceptors (Lipinski definition) is 4. The van der Waals surface area contributed by atoms with E-state index in [0.717, 1.165) is 6.07 Å². The lowest BCUT2D eigenvalue weighted by atomic mass is 10.2. The van der Waals surface area contributed by atoms with Crippen LogP contribution in [0.15, 0.2) is 18.2 Å². The van der Waals surface area contributed by atoms with Crippen LogP contribution in [0.2, 0.25) is 0 Å². The molecule has 0 heterocycles. The average molecular weight is 303 g/mol. The molecule has 0 aliphatic carbocycles. The number of nitro benzene ring substituents is 1. The molecule has 1 rings (SSSR count). The predicted molar refractivity (Wildman–Crippen MR) is 66.4 cm³/mol. The minimum Gasteiger partial charge on any atom is -0.508 e. The van der Waals surface area contributed by atoms with E-state index in [2.05, 4.69) is 21.2 Å². The van der Waals surface area contributed by atoms with Crippen molar-refractivity contribution in [2.24, 2.45) is 0 Å². The van der Waals surface area contributed by atoms with E-state index in [1.54, 1.807) is 13.8 Å². The van der Waals surface area contributed by atoms with Crippen LogP contribution < -0.4 is 5.32 Å². The number of anilines is 1. The predicted octanol–water partition coefficient (Wildman–Crippen LogP) is 2.41. The van der Waals surface area contributed by atoms with Crippen molar-refractivity contribution in [3.63, 3.8) is 0 Å². The van der Waals surface area contributed by atoms with Gasteiger partial charge in [-0.2, -0.15) is 0 Å². The van der Waals surface area contributed by atoms with Crippen molar-refractivity contribution >= 4 is 33.2 Å². The van der Waals surface area contributed by atoms with Gasteiger partial charge in [0, 0.05) is 0 Å². The third kappa shape index (κ3) is 3.42. The largest absolute Gasteiger partial charge is 0.508 e. The van der Waals surface area contributed by atoms with E-state index >= 15 is 0 Å². The van der Waals surface area contributed by atoms with Crippen LogP contribution >= 0.6 is 15.9 Å². The number of aromatic hydroxyl groups is 1. The number of halogens is 1. The molecule has 1 amide bonds. The number of carbonyl (C=O) groups excluding carboxylic acids is 1. The molecule has 0 unspecified atom stereocenters. The van der Waals surface area contributed by atoms with Gasteiger partial charge >= 0.3 is 0 Å². The molecule has 7 heteroatoms. The zero-order valence-electron chi connectivity index (χ0n) is 9.23. The number of nitro groups is 1. The highest BCUT2D eigenvalue weighted by atomic mass is 79.9. The van der Waals surface area contributed by atoms with Crippen molar-refractivity contribution in [1.29, 1.82) is 0 Å². The van der Waals surface area contributed by atoms with E-state index in [1.165, 1.54) is 12.1 Å². The number of nitrogens with one attached hydrogen (secondary N) is 1. The number of carbonyl (C=O) groups is 1. The van der Waals surface area contributed by atoms with Crippen LogP contribution in [-0.4, -0.2) is 20.3 Å². The molecule has 0 aromatic heterocycles. The van der Waals surface area contributed by atoms with Gasteiger partial charge in [-0.25, -0.2) is 0 Å². The highest BCUT2D eigenvalue weighted by molar-refractivity contribution is 9.10. The number of phenolic OH excluding ortho intramolecular Hbond substituents is 1. The quantitative estimate of drug-likeness (QED) is 0.388. The van der Waals surface area contributed by atoms with Gasteiger partial charge in [0.05, 0.1) is 15.3 Å². The topological polar surface area (TPSA) is 92.5 Å². The van der Waals surface area contributed by atoms with Crippen molar-refractivity contribution in [1.82, 2.24) is 0 Å². The number of rotatable bonds is 3. The monoisotopic (exact) mass is 302 g/mol. The van der Waals surface area contributed by atoms with Crippen molar-refractivity contribution in [3.05, 3.63) is 28.3 Å². The number of benzene rings is 1. The lowest BCUT2D eigenvalue weighted by Gasteiger charge is -2.15. The molecule has 0 bridgehead atoms. The third-order valence-corrected chi connectivity index (χ3v) is 2.33. The van der Waals surface area contributed by atoms with Gasteiger partial charge in [0.25, 0.3) is 5.69 Å². The first-order valence-corrected chi connectivity index (χ1v) is 5.49. The second kappa shape index (κ2) is 4.70. The molecule has 1 aromatic rings. The fourth-order valence-corrected chi connectivity index (χ4v) is 1.15. The van der Waals surface area contributed by atoms with E-state index in [1.807, 2.05) is 0 Å². The van der Waals surface area contributed by atoms with Gasteiger partial charge in [-0.05, 0) is 26.0 Å². The standard InChI is InChI=1S/C10H11BrN2O4/c1-10(2,11)9(15)12-7-4-3-6(14)5-8(7)13(16)17/h3-5,14H,1-2H3,(H,12,15). The Labute approximate surface area is 106 Å². The Kier molecular flexibility index (Phi) is 3.72. The molecule has 2 N–H and O–H groups in total. The molecule has 0 radical (unpaired) electrons. The van der Waals surface area contributed by atoms with Gasteiger partial charge in [-0.15, -0.1) is 0 Å². The minimum atomic E-state index is -0.835. The van der Waals surface area contributed by atoms with Gasteiger partial charge in [-0.1, -0.05) is 15.9 Å². The van der Waals surface area contributed by atoms with E-state index < -0.39 is 15.2 Å². The Morgan fingerprint density at radius 1 is 1.53 bits per heavy atom. The first-order valence-electron chi connectivity index (χ1n) is 4.69. The van der Waals surface area contributed by atoms with Crippen LogP contribution in [0.1, 0.15) is 13.8 Å². The summed E-state index contributed by atoms with van der Waals surface area (Å²) in [5.41, 5.74) is -0.305. The number of phenols is 1. The Hall–Kier alpha value is -1.63. The third-order valence-electron chi connectivity index (χ3n) is 1.97. The molecule has 0 saturated heterocycles. The van der Waals surface area contributed by atoms with Crippen LogP contribution in [0, 0.1) is 10.1 Å². The van der Waals surface area contributed by atoms with E-state index in [4.69, 9.17) is 5.11 Å². The Morgan fingerprint density at radius 3 is 2.59 bits per heavy atom. The van der Waals surface area contributed by atoms with Crippen molar-refractivity contribution < 1.29 is 14.8 Å². The molecule has 0 saturated carbocycles. The van der Waals surface area contributed by atoms with Gasteiger partial charge in [0.1, 0.15) is 11.4 Å². The molecule has 6 nitrogen and oxygen atoms in total. The fraction of sp³-hybridized carbons (Fsp3) is 0.300. The average Bonchev–Trinajstić information content (AvgIpc) is 2.18. The summed E-state index contributed by atoms with van der Waals surface area (Å²) >= 11 is 3.15. The van der Waals surface area contributed by atoms with Gasteiger partial charge < -0.3 is 10.4 Å². The second-order valence-electron chi connectivity index (χ2n) is 3.89. The van der Waals surface area contributed by atoms with Crippen LogP contribution in [-0.2, 0) is 4.79 Å². The van der Waals surface area contributed by atoms with Crippen molar-refractivity contribution in [2.75, 3.05) is 5.32 Å². The van der Waals surface area contributed by atoms with Gasteiger partial charge in [0.2, 0.25) is 5.91 Å². The minimum absolute atomic E-state index is 0.0466. The van der Waals surface area contributed by atoms with Crippen LogP contribution in [0.25, 0.3) is 0 Å². The van der Waals surface area contributed by atoms with Crippen LogP contribution in [0.3, 0.4) is 0 Å². The summed E-state index contributed by atoms with van der Waals surface area (Å²) in [4.78, 5) is 21.7. The SMILES string of the molecule is CC(C)(Br)C(=O)Nc1ccc(O)cc1[N+](=O)[O-]. The maximum absolute atomic E-state index is 11.7. The number of hydrogen-bond donors (Lipinski definition) is 2. The number of alkyl halides is 1. The zero-order valence-corrected chi connectivity index (χ0v) is 10.8. The molecule has 92 valence electrons. The highest BCUT2D eigenvalue weighted by Gasteiger charge is 2.26. The summed E-state index contributed by atoms with van der Waals surface area (Å²) < 4.78 is -0.835. The summed E-state index contributed by atoms with van der Waals surface area (Å²) in [6.45, 7) is 3.24. The summed E-state index contributed by atoms with van der Waals surface area (Å²) in [5.74, 6) is -0.640. The first kappa shape index (κ1) is 13.4. The molecule has 17 heavy (non-hydrogen) atoms. The van der Waals surface area contributed by atoms with Crippen molar-refractivity contribution in [3.8, 4) is 5.75 Å². The lowest BCUT2D eigenvalue weighted by Crippen LogP contribution is -2.31. The summed E-state index contributed by atoms with van der Waals surface area (Å²) in [5, 5.41) is 22.3. The molecule has 1 aromatic carbocycles. The second-order valence-corrected chi connectivity index (χ2v) is 5.87. The normalized spacial score (nSPS) is 11.0. The lowest BCUT2D eigenvalue weighted by molar-refractivity contribution is -0.384. The summed E-state index contributed by atoms with van der Waals surface area (Å²) in [6, 6.07) is 3.53. The van der Waals surface area contributed by atoms with E-state index in [-0.39, 0.29) is 17.1 Å². The Bertz CT molecular complexity index is 468. The molecular weight excluding hydrogens is 292 g/mol. The molecule has 0 fully saturated rings. The van der Waals surface area contributed by atoms with E-state index in [0.29, 0.717) is 0 Å². The molecule has 0 aliphatic rings. The maximum Gasteiger partial charge on any atom is 0.296 e. The number of amides is 1. The Balaban J connectivity index is 3.07. The smallest absolute Gasteiger partial charge is 0.296 e. The first-order chi connectivity index (χ1) is 7.71. The summed E-state index contributed by atoms with van der Waals surface area (Å²) in [6.07, 6.45) is 0. The fourth-order valence-electron chi connectivity index (χ4n) is 1.05. The van der Waals surface area contributed by atoms with Crippen LogP contribution in [0.4, 0.5) is 11.4 Å². The van der Waals surface area contributed by atoms with Crippen LogP contribution in [0.5, 0.6) is 5.75 Å². The van der Waals surface area contributed by atoms with Gasteiger partial charge in [-0.3, -0.25) is 14.9 Å². The molecule has 0 aliphatic heterocycles. The summed E-state index contributed by atoms with van der Waals surface area (Å²) in [7, 11) is 0. The van der Waals surface area contributed by atoms with E-state index in [9.17, 15) is 14.9 Å². The molecule has 0 spiro atoms. The zero-order chi connectivity index (χ0) is 13.2. The number of nitrogens with zero attached hydrogens (tertiary/aromatic N) is 1. The molecule has 0 atom stereocenters. The highest BCUT2D eigenvalue weighted by Crippen LogP contribution is 2.29. The van der Waals surface area contributed by atoms with Gasteiger partial charge in [0.15, 0.2) is 0 Å². The Morgan fingerprint density at radius 2 is 2.12 bits per heavy atom. The molecular formula is C10H11BrN2O4. The maximum atomic E-state index is 11.7. The van der Waals surface area contributed by atoms with Crippen molar-refractivity contribution in [2.45, 2.75) is 18.2 Å².